The van der Waals surface area contributed by atoms with Crippen LogP contribution in [0.2, 0.25) is 5.02 Å². The molecule has 1 N–H and O–H groups in total. The van der Waals surface area contributed by atoms with Gasteiger partial charge in [-0.25, -0.2) is 0 Å². The van der Waals surface area contributed by atoms with Gasteiger partial charge in [-0.2, -0.15) is 9.97 Å². The fourth-order valence-corrected chi connectivity index (χ4v) is 7.07. The van der Waals surface area contributed by atoms with Crippen LogP contribution in [0.5, 0.6) is 6.01 Å². The van der Waals surface area contributed by atoms with Crippen molar-refractivity contribution in [1.29, 1.82) is 0 Å². The topological polar surface area (TPSA) is 56.8 Å². The number of hydrogen-bond acceptors (Lipinski definition) is 7. The van der Waals surface area contributed by atoms with Crippen LogP contribution in [-0.4, -0.2) is 72.8 Å². The van der Waals surface area contributed by atoms with Gasteiger partial charge < -0.3 is 24.8 Å². The molecule has 3 fully saturated rings. The average Bonchev–Trinajstić information content (AvgIpc) is 3.49. The smallest absolute Gasteiger partial charge is 0.318 e. The summed E-state index contributed by atoms with van der Waals surface area (Å²) < 4.78 is 6.31. The lowest BCUT2D eigenvalue weighted by molar-refractivity contribution is 0.187. The Kier molecular flexibility index (Phi) is 6.10. The highest BCUT2D eigenvalue weighted by Crippen LogP contribution is 2.37. The largest absolute Gasteiger partial charge is 0.462 e. The number of piperazine rings is 1. The minimum absolute atomic E-state index is 0.437. The van der Waals surface area contributed by atoms with Crippen molar-refractivity contribution in [3.05, 3.63) is 52.7 Å². The first-order valence-corrected chi connectivity index (χ1v) is 14.2. The SMILES string of the molecule is CN1CCCC1COc1nc2c(c(N3C[C@H]4CC[C@@H](C3)N4)n1)CCN(c1cccc3cccc(Cl)c13)C2. The molecule has 0 spiro atoms. The van der Waals surface area contributed by atoms with Gasteiger partial charge in [0.2, 0.25) is 0 Å². The maximum absolute atomic E-state index is 6.69. The molecule has 2 bridgehead atoms. The quantitative estimate of drug-likeness (QED) is 0.541. The lowest BCUT2D eigenvalue weighted by Gasteiger charge is -2.37. The fraction of sp³-hybridized carbons (Fsp3) is 0.517. The molecule has 4 aliphatic heterocycles. The summed E-state index contributed by atoms with van der Waals surface area (Å²) in [4.78, 5) is 17.4. The van der Waals surface area contributed by atoms with E-state index in [-0.39, 0.29) is 0 Å². The second kappa shape index (κ2) is 9.61. The number of halogens is 1. The van der Waals surface area contributed by atoms with Crippen LogP contribution in [-0.2, 0) is 13.0 Å². The summed E-state index contributed by atoms with van der Waals surface area (Å²) in [6.07, 6.45) is 5.82. The van der Waals surface area contributed by atoms with Gasteiger partial charge in [0.25, 0.3) is 0 Å². The second-order valence-corrected chi connectivity index (χ2v) is 11.6. The monoisotopic (exact) mass is 518 g/mol. The number of ether oxygens (including phenoxy) is 1. The zero-order valence-corrected chi connectivity index (χ0v) is 22.3. The van der Waals surface area contributed by atoms with Crippen molar-refractivity contribution in [2.75, 3.05) is 49.6 Å². The van der Waals surface area contributed by atoms with E-state index < -0.39 is 0 Å². The van der Waals surface area contributed by atoms with Crippen molar-refractivity contribution in [2.45, 2.75) is 56.8 Å². The van der Waals surface area contributed by atoms with Crippen LogP contribution in [0.25, 0.3) is 10.8 Å². The third-order valence-electron chi connectivity index (χ3n) is 8.79. The predicted octanol–water partition coefficient (Wildman–Crippen LogP) is 4.26. The van der Waals surface area contributed by atoms with E-state index >= 15 is 0 Å². The Bertz CT molecular complexity index is 1300. The number of fused-ring (bicyclic) bond motifs is 4. The lowest BCUT2D eigenvalue weighted by Crippen LogP contribution is -2.52. The zero-order valence-electron chi connectivity index (χ0n) is 21.5. The average molecular weight is 519 g/mol. The van der Waals surface area contributed by atoms with Gasteiger partial charge in [-0.1, -0.05) is 35.9 Å². The zero-order chi connectivity index (χ0) is 24.9. The molecule has 7 nitrogen and oxygen atoms in total. The van der Waals surface area contributed by atoms with Gasteiger partial charge in [-0.15, -0.1) is 0 Å². The summed E-state index contributed by atoms with van der Waals surface area (Å²) in [5, 5.41) is 6.84. The van der Waals surface area contributed by atoms with Crippen molar-refractivity contribution < 1.29 is 4.74 Å². The molecule has 194 valence electrons. The molecule has 0 aliphatic carbocycles. The second-order valence-electron chi connectivity index (χ2n) is 11.2. The molecule has 3 aromatic rings. The molecule has 2 aromatic carbocycles. The first-order chi connectivity index (χ1) is 18.1. The summed E-state index contributed by atoms with van der Waals surface area (Å²) in [7, 11) is 2.18. The molecule has 5 heterocycles. The number of likely N-dealkylation sites (tertiary alicyclic amines) is 1. The van der Waals surface area contributed by atoms with Crippen molar-refractivity contribution >= 4 is 33.9 Å². The Hall–Kier alpha value is -2.61. The third kappa shape index (κ3) is 4.41. The molecule has 0 amide bonds. The molecule has 0 radical (unpaired) electrons. The molecule has 8 heteroatoms. The van der Waals surface area contributed by atoms with E-state index in [4.69, 9.17) is 26.3 Å². The van der Waals surface area contributed by atoms with E-state index in [9.17, 15) is 0 Å². The van der Waals surface area contributed by atoms with Gasteiger partial charge in [0.1, 0.15) is 12.4 Å². The highest BCUT2D eigenvalue weighted by molar-refractivity contribution is 6.36. The number of likely N-dealkylation sites (N-methyl/N-ethyl adjacent to an activating group) is 1. The molecule has 0 saturated carbocycles. The van der Waals surface area contributed by atoms with Crippen molar-refractivity contribution in [3.63, 3.8) is 0 Å². The molecule has 1 aromatic heterocycles. The van der Waals surface area contributed by atoms with Gasteiger partial charge in [0, 0.05) is 54.4 Å². The minimum Gasteiger partial charge on any atom is -0.462 e. The molecular weight excluding hydrogens is 484 g/mol. The highest BCUT2D eigenvalue weighted by Gasteiger charge is 2.35. The molecule has 37 heavy (non-hydrogen) atoms. The van der Waals surface area contributed by atoms with Crippen LogP contribution in [0.15, 0.2) is 36.4 Å². The first-order valence-electron chi connectivity index (χ1n) is 13.8. The Balaban J connectivity index is 1.23. The van der Waals surface area contributed by atoms with Gasteiger partial charge in [0.15, 0.2) is 0 Å². The van der Waals surface area contributed by atoms with Crippen molar-refractivity contribution in [3.8, 4) is 6.01 Å². The minimum atomic E-state index is 0.437. The molecule has 4 aliphatic rings. The van der Waals surface area contributed by atoms with E-state index in [1.54, 1.807) is 0 Å². The number of nitrogens with zero attached hydrogens (tertiary/aromatic N) is 5. The number of anilines is 2. The van der Waals surface area contributed by atoms with Crippen LogP contribution in [0.4, 0.5) is 11.5 Å². The van der Waals surface area contributed by atoms with Crippen molar-refractivity contribution in [2.24, 2.45) is 0 Å². The lowest BCUT2D eigenvalue weighted by atomic mass is 10.0. The Labute approximate surface area is 223 Å². The third-order valence-corrected chi connectivity index (χ3v) is 9.10. The molecule has 7 rings (SSSR count). The number of nitrogens with one attached hydrogen (secondary N) is 1. The maximum atomic E-state index is 6.69. The van der Waals surface area contributed by atoms with E-state index in [2.05, 4.69) is 51.3 Å². The first kappa shape index (κ1) is 23.5. The van der Waals surface area contributed by atoms with E-state index in [1.807, 2.05) is 12.1 Å². The summed E-state index contributed by atoms with van der Waals surface area (Å²) in [6, 6.07) is 14.6. The highest BCUT2D eigenvalue weighted by atomic mass is 35.5. The number of rotatable bonds is 5. The normalized spacial score (nSPS) is 25.6. The van der Waals surface area contributed by atoms with Gasteiger partial charge >= 0.3 is 6.01 Å². The Morgan fingerprint density at radius 3 is 2.59 bits per heavy atom. The predicted molar refractivity (Wildman–Crippen MR) is 149 cm³/mol. The van der Waals surface area contributed by atoms with Crippen LogP contribution in [0.3, 0.4) is 0 Å². The van der Waals surface area contributed by atoms with Crippen LogP contribution in [0.1, 0.15) is 36.9 Å². The molecule has 3 atom stereocenters. The van der Waals surface area contributed by atoms with Crippen LogP contribution >= 0.6 is 11.6 Å². The molecular formula is C29H35ClN6O. The number of benzene rings is 2. The summed E-state index contributed by atoms with van der Waals surface area (Å²) in [6.45, 7) is 5.44. The Morgan fingerprint density at radius 1 is 1.00 bits per heavy atom. The fourth-order valence-electron chi connectivity index (χ4n) is 6.79. The van der Waals surface area contributed by atoms with Gasteiger partial charge in [0.05, 0.1) is 17.3 Å². The summed E-state index contributed by atoms with van der Waals surface area (Å²) >= 11 is 6.69. The van der Waals surface area contributed by atoms with Gasteiger partial charge in [-0.05, 0) is 63.2 Å². The summed E-state index contributed by atoms with van der Waals surface area (Å²) in [5.41, 5.74) is 3.54. The van der Waals surface area contributed by atoms with Crippen LogP contribution < -0.4 is 19.9 Å². The van der Waals surface area contributed by atoms with E-state index in [0.717, 1.165) is 61.1 Å². The van der Waals surface area contributed by atoms with E-state index in [0.29, 0.717) is 30.7 Å². The number of aromatic nitrogens is 2. The number of hydrogen-bond donors (Lipinski definition) is 1. The standard InChI is InChI=1S/C29H35ClN6O/c1-34-13-4-7-22(34)18-37-29-32-25-17-35(26-9-3-6-19-5-2-8-24(30)27(19)26)14-12-23(25)28(33-29)36-15-20-10-11-21(16-36)31-20/h2-3,5-6,8-9,20-22,31H,4,7,10-18H2,1H3/t20-,21+,22?. The Morgan fingerprint density at radius 2 is 1.81 bits per heavy atom. The van der Waals surface area contributed by atoms with Gasteiger partial charge in [-0.3, -0.25) is 0 Å². The molecule has 3 saturated heterocycles. The maximum Gasteiger partial charge on any atom is 0.318 e. The van der Waals surface area contributed by atoms with Crippen LogP contribution in [0, 0.1) is 0 Å². The summed E-state index contributed by atoms with van der Waals surface area (Å²) in [5.74, 6) is 1.09. The van der Waals surface area contributed by atoms with E-state index in [1.165, 1.54) is 42.3 Å². The molecule has 1 unspecified atom stereocenters. The van der Waals surface area contributed by atoms with Crippen molar-refractivity contribution in [1.82, 2.24) is 20.2 Å².